The number of nitrogens with zero attached hydrogens (tertiary/aromatic N) is 2. The van der Waals surface area contributed by atoms with E-state index in [1.54, 1.807) is 0 Å². The van der Waals surface area contributed by atoms with E-state index < -0.39 is 0 Å². The van der Waals surface area contributed by atoms with Crippen LogP contribution in [0.1, 0.15) is 46.7 Å². The Morgan fingerprint density at radius 1 is 1.22 bits per heavy atom. The molecule has 0 radical (unpaired) electrons. The highest BCUT2D eigenvalue weighted by Gasteiger charge is 2.10. The number of rotatable bonds is 6. The standard InChI is InChI=1S/C15H27N3/c1-6-11-18(7-2)14-10-8-9-13(17-14)12-16-15(3,4)5/h8-10,16H,6-7,11-12H2,1-5H3. The van der Waals surface area contributed by atoms with Crippen LogP contribution in [-0.4, -0.2) is 23.6 Å². The van der Waals surface area contributed by atoms with E-state index in [1.807, 2.05) is 0 Å². The summed E-state index contributed by atoms with van der Waals surface area (Å²) >= 11 is 0. The van der Waals surface area contributed by atoms with Crippen molar-refractivity contribution < 1.29 is 0 Å². The van der Waals surface area contributed by atoms with Gasteiger partial charge in [-0.3, -0.25) is 0 Å². The predicted octanol–water partition coefficient (Wildman–Crippen LogP) is 3.21. The van der Waals surface area contributed by atoms with Crippen molar-refractivity contribution in [3.05, 3.63) is 23.9 Å². The van der Waals surface area contributed by atoms with Crippen LogP contribution in [0.3, 0.4) is 0 Å². The molecular formula is C15H27N3. The molecule has 102 valence electrons. The molecule has 0 fully saturated rings. The summed E-state index contributed by atoms with van der Waals surface area (Å²) < 4.78 is 0. The van der Waals surface area contributed by atoms with Gasteiger partial charge in [-0.25, -0.2) is 4.98 Å². The van der Waals surface area contributed by atoms with Crippen LogP contribution in [0.2, 0.25) is 0 Å². The van der Waals surface area contributed by atoms with Gasteiger partial charge < -0.3 is 10.2 Å². The summed E-state index contributed by atoms with van der Waals surface area (Å²) in [5, 5.41) is 3.47. The van der Waals surface area contributed by atoms with Crippen molar-refractivity contribution in [2.75, 3.05) is 18.0 Å². The predicted molar refractivity (Wildman–Crippen MR) is 79.0 cm³/mol. The lowest BCUT2D eigenvalue weighted by molar-refractivity contribution is 0.421. The third kappa shape index (κ3) is 5.05. The molecule has 1 N–H and O–H groups in total. The quantitative estimate of drug-likeness (QED) is 0.839. The van der Waals surface area contributed by atoms with E-state index in [2.05, 4.69) is 63.0 Å². The summed E-state index contributed by atoms with van der Waals surface area (Å²) in [7, 11) is 0. The topological polar surface area (TPSA) is 28.2 Å². The average molecular weight is 249 g/mol. The maximum atomic E-state index is 4.73. The fourth-order valence-corrected chi connectivity index (χ4v) is 1.80. The van der Waals surface area contributed by atoms with Gasteiger partial charge in [0.2, 0.25) is 0 Å². The number of pyridine rings is 1. The lowest BCUT2D eigenvalue weighted by Gasteiger charge is -2.23. The first kappa shape index (κ1) is 15.0. The van der Waals surface area contributed by atoms with E-state index in [0.717, 1.165) is 37.6 Å². The van der Waals surface area contributed by atoms with Gasteiger partial charge >= 0.3 is 0 Å². The highest BCUT2D eigenvalue weighted by Crippen LogP contribution is 2.12. The van der Waals surface area contributed by atoms with E-state index in [9.17, 15) is 0 Å². The Morgan fingerprint density at radius 2 is 1.94 bits per heavy atom. The van der Waals surface area contributed by atoms with Gasteiger partial charge in [-0.15, -0.1) is 0 Å². The van der Waals surface area contributed by atoms with E-state index >= 15 is 0 Å². The molecule has 0 aliphatic heterocycles. The molecule has 0 unspecified atom stereocenters. The zero-order valence-corrected chi connectivity index (χ0v) is 12.5. The summed E-state index contributed by atoms with van der Waals surface area (Å²) in [6, 6.07) is 6.28. The van der Waals surface area contributed by atoms with Crippen molar-refractivity contribution in [1.29, 1.82) is 0 Å². The Hall–Kier alpha value is -1.09. The van der Waals surface area contributed by atoms with Crippen molar-refractivity contribution in [2.45, 2.75) is 53.1 Å². The molecule has 0 spiro atoms. The first-order valence-electron chi connectivity index (χ1n) is 6.92. The SMILES string of the molecule is CCCN(CC)c1cccc(CNC(C)(C)C)n1. The third-order valence-corrected chi connectivity index (χ3v) is 2.79. The lowest BCUT2D eigenvalue weighted by atomic mass is 10.1. The van der Waals surface area contributed by atoms with Gasteiger partial charge in [0.15, 0.2) is 0 Å². The number of nitrogens with one attached hydrogen (secondary N) is 1. The van der Waals surface area contributed by atoms with Crippen LogP contribution in [0.25, 0.3) is 0 Å². The molecule has 0 bridgehead atoms. The Labute approximate surface area is 112 Å². The maximum Gasteiger partial charge on any atom is 0.128 e. The van der Waals surface area contributed by atoms with Crippen molar-refractivity contribution in [3.63, 3.8) is 0 Å². The minimum atomic E-state index is 0.131. The highest BCUT2D eigenvalue weighted by molar-refractivity contribution is 5.38. The Morgan fingerprint density at radius 3 is 2.50 bits per heavy atom. The maximum absolute atomic E-state index is 4.73. The van der Waals surface area contributed by atoms with Crippen LogP contribution in [0.15, 0.2) is 18.2 Å². The second-order valence-corrected chi connectivity index (χ2v) is 5.67. The normalized spacial score (nSPS) is 11.6. The van der Waals surface area contributed by atoms with Crippen molar-refractivity contribution in [1.82, 2.24) is 10.3 Å². The van der Waals surface area contributed by atoms with Crippen molar-refractivity contribution in [2.24, 2.45) is 0 Å². The summed E-state index contributed by atoms with van der Waals surface area (Å²) in [5.74, 6) is 1.09. The van der Waals surface area contributed by atoms with Gasteiger partial charge in [-0.2, -0.15) is 0 Å². The largest absolute Gasteiger partial charge is 0.357 e. The Kier molecular flexibility index (Phi) is 5.60. The van der Waals surface area contributed by atoms with Crippen LogP contribution in [0.4, 0.5) is 5.82 Å². The minimum Gasteiger partial charge on any atom is -0.357 e. The van der Waals surface area contributed by atoms with Gasteiger partial charge in [-0.1, -0.05) is 13.0 Å². The number of aromatic nitrogens is 1. The molecule has 0 aliphatic rings. The molecule has 3 heteroatoms. The van der Waals surface area contributed by atoms with E-state index in [1.165, 1.54) is 0 Å². The van der Waals surface area contributed by atoms with Crippen molar-refractivity contribution in [3.8, 4) is 0 Å². The molecule has 0 saturated heterocycles. The van der Waals surface area contributed by atoms with E-state index in [4.69, 9.17) is 4.98 Å². The van der Waals surface area contributed by atoms with Gasteiger partial charge in [-0.05, 0) is 46.2 Å². The third-order valence-electron chi connectivity index (χ3n) is 2.79. The molecule has 0 aromatic carbocycles. The average Bonchev–Trinajstić information content (AvgIpc) is 2.33. The van der Waals surface area contributed by atoms with E-state index in [-0.39, 0.29) is 5.54 Å². The minimum absolute atomic E-state index is 0.131. The van der Waals surface area contributed by atoms with Crippen LogP contribution < -0.4 is 10.2 Å². The summed E-state index contributed by atoms with van der Waals surface area (Å²) in [6.07, 6.45) is 1.15. The van der Waals surface area contributed by atoms with Crippen LogP contribution in [0.5, 0.6) is 0 Å². The lowest BCUT2D eigenvalue weighted by Crippen LogP contribution is -2.35. The zero-order valence-electron chi connectivity index (χ0n) is 12.5. The molecule has 1 heterocycles. The molecule has 0 aliphatic carbocycles. The fourth-order valence-electron chi connectivity index (χ4n) is 1.80. The second-order valence-electron chi connectivity index (χ2n) is 5.67. The molecular weight excluding hydrogens is 222 g/mol. The molecule has 0 saturated carbocycles. The first-order chi connectivity index (χ1) is 8.46. The van der Waals surface area contributed by atoms with Gasteiger partial charge in [0.1, 0.15) is 5.82 Å². The Balaban J connectivity index is 2.72. The van der Waals surface area contributed by atoms with Crippen molar-refractivity contribution >= 4 is 5.82 Å². The molecule has 0 atom stereocenters. The van der Waals surface area contributed by atoms with Gasteiger partial charge in [0.05, 0.1) is 5.69 Å². The summed E-state index contributed by atoms with van der Waals surface area (Å²) in [5.41, 5.74) is 1.24. The van der Waals surface area contributed by atoms with Gasteiger partial charge in [0.25, 0.3) is 0 Å². The summed E-state index contributed by atoms with van der Waals surface area (Å²) in [4.78, 5) is 7.05. The molecule has 1 aromatic heterocycles. The van der Waals surface area contributed by atoms with Crippen LogP contribution in [0, 0.1) is 0 Å². The Bertz CT molecular complexity index is 355. The molecule has 1 rings (SSSR count). The first-order valence-corrected chi connectivity index (χ1v) is 6.92. The van der Waals surface area contributed by atoms with Gasteiger partial charge in [0, 0.05) is 25.2 Å². The fraction of sp³-hybridized carbons (Fsp3) is 0.667. The number of hydrogen-bond acceptors (Lipinski definition) is 3. The summed E-state index contributed by atoms with van der Waals surface area (Å²) in [6.45, 7) is 13.8. The number of anilines is 1. The molecule has 3 nitrogen and oxygen atoms in total. The molecule has 0 amide bonds. The second kappa shape index (κ2) is 6.74. The number of hydrogen-bond donors (Lipinski definition) is 1. The zero-order chi connectivity index (χ0) is 13.6. The monoisotopic (exact) mass is 249 g/mol. The molecule has 18 heavy (non-hydrogen) atoms. The smallest absolute Gasteiger partial charge is 0.128 e. The van der Waals surface area contributed by atoms with E-state index in [0.29, 0.717) is 0 Å². The molecule has 1 aromatic rings. The van der Waals surface area contributed by atoms with Crippen LogP contribution >= 0.6 is 0 Å². The van der Waals surface area contributed by atoms with Crippen LogP contribution in [-0.2, 0) is 6.54 Å². The highest BCUT2D eigenvalue weighted by atomic mass is 15.2.